The van der Waals surface area contributed by atoms with Crippen LogP contribution in [0.4, 0.5) is 0 Å². The van der Waals surface area contributed by atoms with Crippen LogP contribution in [0.5, 0.6) is 0 Å². The van der Waals surface area contributed by atoms with Gasteiger partial charge in [0.25, 0.3) is 5.91 Å². The van der Waals surface area contributed by atoms with Crippen LogP contribution < -0.4 is 5.32 Å². The fourth-order valence-electron chi connectivity index (χ4n) is 4.48. The van der Waals surface area contributed by atoms with Gasteiger partial charge in [0.15, 0.2) is 0 Å². The van der Waals surface area contributed by atoms with Gasteiger partial charge in [-0.25, -0.2) is 0 Å². The van der Waals surface area contributed by atoms with E-state index in [4.69, 9.17) is 4.74 Å². The van der Waals surface area contributed by atoms with E-state index in [1.165, 1.54) is 43.2 Å². The largest absolute Gasteiger partial charge is 0.377 e. The van der Waals surface area contributed by atoms with Crippen LogP contribution in [-0.4, -0.2) is 49.2 Å². The maximum Gasteiger partial charge on any atom is 0.251 e. The quantitative estimate of drug-likeness (QED) is 0.915. The molecule has 136 valence electrons. The van der Waals surface area contributed by atoms with Gasteiger partial charge in [0.2, 0.25) is 0 Å². The van der Waals surface area contributed by atoms with Gasteiger partial charge >= 0.3 is 0 Å². The van der Waals surface area contributed by atoms with Crippen LogP contribution in [0.1, 0.15) is 60.0 Å². The highest BCUT2D eigenvalue weighted by molar-refractivity contribution is 5.94. The number of aryl methyl sites for hydroxylation is 2. The van der Waals surface area contributed by atoms with Crippen molar-refractivity contribution in [3.8, 4) is 0 Å². The van der Waals surface area contributed by atoms with Gasteiger partial charge in [0, 0.05) is 37.8 Å². The number of rotatable bonds is 4. The van der Waals surface area contributed by atoms with Gasteiger partial charge in [-0.15, -0.1) is 0 Å². The molecule has 1 N–H and O–H groups in total. The SMILES string of the molecule is O=C(NC1CCN(C[C@H]2CCCO2)CC1)c1ccc2c(c1)CCCC2. The minimum absolute atomic E-state index is 0.103. The highest BCUT2D eigenvalue weighted by atomic mass is 16.5. The van der Waals surface area contributed by atoms with Crippen LogP contribution in [0.15, 0.2) is 18.2 Å². The first kappa shape index (κ1) is 17.0. The van der Waals surface area contributed by atoms with Crippen molar-refractivity contribution in [2.45, 2.75) is 63.5 Å². The molecular weight excluding hydrogens is 312 g/mol. The highest BCUT2D eigenvalue weighted by Gasteiger charge is 2.25. The molecule has 1 aromatic carbocycles. The molecule has 1 aliphatic carbocycles. The predicted octanol–water partition coefficient (Wildman–Crippen LogP) is 2.94. The number of nitrogens with one attached hydrogen (secondary N) is 1. The third kappa shape index (κ3) is 4.24. The molecular formula is C21H30N2O2. The van der Waals surface area contributed by atoms with Gasteiger partial charge in [0.05, 0.1) is 6.10 Å². The van der Waals surface area contributed by atoms with E-state index in [1.54, 1.807) is 0 Å². The van der Waals surface area contributed by atoms with E-state index >= 15 is 0 Å². The Labute approximate surface area is 150 Å². The first-order valence-electron chi connectivity index (χ1n) is 10.0. The lowest BCUT2D eigenvalue weighted by Crippen LogP contribution is -2.46. The second-order valence-corrected chi connectivity index (χ2v) is 7.87. The highest BCUT2D eigenvalue weighted by Crippen LogP contribution is 2.22. The number of piperidine rings is 1. The second-order valence-electron chi connectivity index (χ2n) is 7.87. The molecule has 4 heteroatoms. The van der Waals surface area contributed by atoms with E-state index in [-0.39, 0.29) is 5.91 Å². The smallest absolute Gasteiger partial charge is 0.251 e. The molecule has 0 radical (unpaired) electrons. The van der Waals surface area contributed by atoms with Crippen molar-refractivity contribution < 1.29 is 9.53 Å². The van der Waals surface area contributed by atoms with Gasteiger partial charge in [-0.2, -0.15) is 0 Å². The zero-order valence-electron chi connectivity index (χ0n) is 15.1. The maximum atomic E-state index is 12.6. The minimum Gasteiger partial charge on any atom is -0.377 e. The van der Waals surface area contributed by atoms with Crippen molar-refractivity contribution in [2.24, 2.45) is 0 Å². The molecule has 2 heterocycles. The third-order valence-electron chi connectivity index (χ3n) is 6.02. The van der Waals surface area contributed by atoms with Gasteiger partial charge in [-0.1, -0.05) is 6.07 Å². The first-order chi connectivity index (χ1) is 12.3. The lowest BCUT2D eigenvalue weighted by Gasteiger charge is -2.33. The van der Waals surface area contributed by atoms with Crippen LogP contribution in [0.3, 0.4) is 0 Å². The van der Waals surface area contributed by atoms with Crippen LogP contribution in [0.2, 0.25) is 0 Å². The molecule has 0 aromatic heterocycles. The van der Waals surface area contributed by atoms with Gasteiger partial charge in [-0.3, -0.25) is 4.79 Å². The monoisotopic (exact) mass is 342 g/mol. The van der Waals surface area contributed by atoms with Crippen molar-refractivity contribution in [2.75, 3.05) is 26.2 Å². The van der Waals surface area contributed by atoms with Crippen molar-refractivity contribution >= 4 is 5.91 Å². The summed E-state index contributed by atoms with van der Waals surface area (Å²) in [6, 6.07) is 6.60. The summed E-state index contributed by atoms with van der Waals surface area (Å²) in [5, 5.41) is 3.26. The summed E-state index contributed by atoms with van der Waals surface area (Å²) in [7, 11) is 0. The Balaban J connectivity index is 1.27. The molecule has 2 saturated heterocycles. The van der Waals surface area contributed by atoms with Gasteiger partial charge in [-0.05, 0) is 74.6 Å². The van der Waals surface area contributed by atoms with Gasteiger partial charge < -0.3 is 15.0 Å². The van der Waals surface area contributed by atoms with Crippen LogP contribution in [-0.2, 0) is 17.6 Å². The number of amides is 1. The zero-order chi connectivity index (χ0) is 17.1. The van der Waals surface area contributed by atoms with Crippen LogP contribution in [0.25, 0.3) is 0 Å². The number of likely N-dealkylation sites (tertiary alicyclic amines) is 1. The summed E-state index contributed by atoms with van der Waals surface area (Å²) in [6.45, 7) is 4.12. The second kappa shape index (κ2) is 7.88. The molecule has 1 atom stereocenters. The van der Waals surface area contributed by atoms with E-state index in [0.717, 1.165) is 51.1 Å². The van der Waals surface area contributed by atoms with Crippen molar-refractivity contribution in [3.63, 3.8) is 0 Å². The Morgan fingerprint density at radius 2 is 1.88 bits per heavy atom. The summed E-state index contributed by atoms with van der Waals surface area (Å²) in [5.74, 6) is 0.103. The predicted molar refractivity (Wildman–Crippen MR) is 99.0 cm³/mol. The number of hydrogen-bond acceptors (Lipinski definition) is 3. The molecule has 4 rings (SSSR count). The van der Waals surface area contributed by atoms with E-state index in [9.17, 15) is 4.79 Å². The standard InChI is InChI=1S/C21H30N2O2/c24-21(18-8-7-16-4-1-2-5-17(16)14-18)22-19-9-11-23(12-10-19)15-20-6-3-13-25-20/h7-8,14,19-20H,1-6,9-13,15H2,(H,22,24)/t20-/m1/s1. The van der Waals surface area contributed by atoms with Crippen molar-refractivity contribution in [3.05, 3.63) is 34.9 Å². The molecule has 0 spiro atoms. The average Bonchev–Trinajstić information content (AvgIpc) is 3.16. The molecule has 3 aliphatic rings. The van der Waals surface area contributed by atoms with E-state index in [0.29, 0.717) is 12.1 Å². The third-order valence-corrected chi connectivity index (χ3v) is 6.02. The topological polar surface area (TPSA) is 41.6 Å². The number of nitrogens with zero attached hydrogens (tertiary/aromatic N) is 1. The molecule has 1 amide bonds. The summed E-state index contributed by atoms with van der Waals surface area (Å²) >= 11 is 0. The Morgan fingerprint density at radius 1 is 1.08 bits per heavy atom. The molecule has 2 aliphatic heterocycles. The first-order valence-corrected chi connectivity index (χ1v) is 10.0. The molecule has 1 aromatic rings. The maximum absolute atomic E-state index is 12.6. The van der Waals surface area contributed by atoms with Gasteiger partial charge in [0.1, 0.15) is 0 Å². The van der Waals surface area contributed by atoms with Crippen molar-refractivity contribution in [1.29, 1.82) is 0 Å². The summed E-state index contributed by atoms with van der Waals surface area (Å²) in [6.07, 6.45) is 9.75. The molecule has 0 saturated carbocycles. The Morgan fingerprint density at radius 3 is 2.64 bits per heavy atom. The number of ether oxygens (including phenoxy) is 1. The molecule has 0 bridgehead atoms. The summed E-state index contributed by atoms with van der Waals surface area (Å²) in [5.41, 5.74) is 3.65. The lowest BCUT2D eigenvalue weighted by molar-refractivity contribution is 0.0613. The molecule has 25 heavy (non-hydrogen) atoms. The summed E-state index contributed by atoms with van der Waals surface area (Å²) in [4.78, 5) is 15.1. The average molecular weight is 342 g/mol. The fraction of sp³-hybridized carbons (Fsp3) is 0.667. The van der Waals surface area contributed by atoms with E-state index in [1.807, 2.05) is 6.07 Å². The summed E-state index contributed by atoms with van der Waals surface area (Å²) < 4.78 is 5.74. The number of benzene rings is 1. The number of fused-ring (bicyclic) bond motifs is 1. The van der Waals surface area contributed by atoms with Crippen LogP contribution in [0, 0.1) is 0 Å². The Kier molecular flexibility index (Phi) is 5.37. The zero-order valence-corrected chi connectivity index (χ0v) is 15.1. The minimum atomic E-state index is 0.103. The number of carbonyl (C=O) groups is 1. The van der Waals surface area contributed by atoms with Crippen LogP contribution >= 0.6 is 0 Å². The Hall–Kier alpha value is -1.39. The van der Waals surface area contributed by atoms with E-state index in [2.05, 4.69) is 22.3 Å². The van der Waals surface area contributed by atoms with Crippen molar-refractivity contribution in [1.82, 2.24) is 10.2 Å². The van der Waals surface area contributed by atoms with E-state index < -0.39 is 0 Å². The lowest BCUT2D eigenvalue weighted by atomic mass is 9.90. The normalized spacial score (nSPS) is 24.9. The molecule has 0 unspecified atom stereocenters. The number of carbonyl (C=O) groups excluding carboxylic acids is 1. The number of hydrogen-bond donors (Lipinski definition) is 1. The molecule has 4 nitrogen and oxygen atoms in total. The molecule has 2 fully saturated rings. The Bertz CT molecular complexity index is 602. The fourth-order valence-corrected chi connectivity index (χ4v) is 4.48.